The summed E-state index contributed by atoms with van der Waals surface area (Å²) >= 11 is 0. The standard InChI is InChI=1S/C28H33F3N4O2/c1-2-3-4-9-18-36-25-13-8-7-12-24(25)34-26-23(28(29,30)31)19-32-27(35-26)33-20-14-16-22(17-15-20)37-21-10-5-6-11-21/h7-8,12-17,19,21H,2-6,9-11,18H2,1H3,(H2,32,33,34,35). The van der Waals surface area contributed by atoms with Crippen LogP contribution in [0.5, 0.6) is 11.5 Å². The number of aromatic nitrogens is 2. The summed E-state index contributed by atoms with van der Waals surface area (Å²) in [5, 5.41) is 5.80. The van der Waals surface area contributed by atoms with Crippen molar-refractivity contribution in [2.45, 2.75) is 70.6 Å². The van der Waals surface area contributed by atoms with Crippen LogP contribution in [-0.2, 0) is 6.18 Å². The summed E-state index contributed by atoms with van der Waals surface area (Å²) in [4.78, 5) is 8.06. The molecule has 3 aromatic rings. The molecule has 0 bridgehead atoms. The van der Waals surface area contributed by atoms with E-state index in [-0.39, 0.29) is 17.9 Å². The Morgan fingerprint density at radius 2 is 1.70 bits per heavy atom. The van der Waals surface area contributed by atoms with Gasteiger partial charge in [0.05, 0.1) is 18.4 Å². The van der Waals surface area contributed by atoms with Crippen molar-refractivity contribution < 1.29 is 22.6 Å². The Morgan fingerprint density at radius 1 is 0.946 bits per heavy atom. The maximum absolute atomic E-state index is 13.8. The van der Waals surface area contributed by atoms with Crippen LogP contribution in [0.1, 0.15) is 63.9 Å². The number of alkyl halides is 3. The summed E-state index contributed by atoms with van der Waals surface area (Å²) in [6, 6.07) is 14.2. The predicted octanol–water partition coefficient (Wildman–Crippen LogP) is 8.26. The Bertz CT molecular complexity index is 1130. The first-order valence-corrected chi connectivity index (χ1v) is 12.9. The zero-order valence-corrected chi connectivity index (χ0v) is 21.0. The van der Waals surface area contributed by atoms with E-state index in [1.54, 1.807) is 36.4 Å². The molecule has 198 valence electrons. The maximum atomic E-state index is 13.8. The fourth-order valence-corrected chi connectivity index (χ4v) is 4.22. The van der Waals surface area contributed by atoms with Gasteiger partial charge in [-0.15, -0.1) is 0 Å². The van der Waals surface area contributed by atoms with Crippen LogP contribution in [0.15, 0.2) is 54.7 Å². The monoisotopic (exact) mass is 514 g/mol. The highest BCUT2D eigenvalue weighted by atomic mass is 19.4. The van der Waals surface area contributed by atoms with Crippen molar-refractivity contribution in [1.29, 1.82) is 0 Å². The van der Waals surface area contributed by atoms with Crippen molar-refractivity contribution >= 4 is 23.1 Å². The molecule has 9 heteroatoms. The van der Waals surface area contributed by atoms with Crippen molar-refractivity contribution in [3.8, 4) is 11.5 Å². The molecule has 1 heterocycles. The second kappa shape index (κ2) is 12.7. The van der Waals surface area contributed by atoms with Gasteiger partial charge in [-0.3, -0.25) is 0 Å². The van der Waals surface area contributed by atoms with Crippen molar-refractivity contribution in [2.75, 3.05) is 17.2 Å². The van der Waals surface area contributed by atoms with Crippen LogP contribution in [0.4, 0.5) is 36.3 Å². The van der Waals surface area contributed by atoms with Gasteiger partial charge in [0.15, 0.2) is 0 Å². The number of anilines is 4. The minimum Gasteiger partial charge on any atom is -0.491 e. The van der Waals surface area contributed by atoms with Crippen molar-refractivity contribution in [1.82, 2.24) is 9.97 Å². The number of benzene rings is 2. The third-order valence-electron chi connectivity index (χ3n) is 6.21. The van der Waals surface area contributed by atoms with E-state index in [2.05, 4.69) is 27.5 Å². The predicted molar refractivity (Wildman–Crippen MR) is 139 cm³/mol. The van der Waals surface area contributed by atoms with Gasteiger partial charge in [0.2, 0.25) is 5.95 Å². The van der Waals surface area contributed by atoms with E-state index in [9.17, 15) is 13.2 Å². The lowest BCUT2D eigenvalue weighted by Crippen LogP contribution is -2.13. The second-order valence-electron chi connectivity index (χ2n) is 9.16. The van der Waals surface area contributed by atoms with E-state index in [0.717, 1.165) is 50.5 Å². The SMILES string of the molecule is CCCCCCOc1ccccc1Nc1nc(Nc2ccc(OC3CCCC3)cc2)ncc1C(F)(F)F. The van der Waals surface area contributed by atoms with Crippen molar-refractivity contribution in [3.63, 3.8) is 0 Å². The zero-order valence-electron chi connectivity index (χ0n) is 21.0. The van der Waals surface area contributed by atoms with Gasteiger partial charge in [0.25, 0.3) is 0 Å². The summed E-state index contributed by atoms with van der Waals surface area (Å²) in [6.45, 7) is 2.62. The highest BCUT2D eigenvalue weighted by molar-refractivity contribution is 5.67. The van der Waals surface area contributed by atoms with Gasteiger partial charge < -0.3 is 20.1 Å². The van der Waals surface area contributed by atoms with Gasteiger partial charge in [-0.05, 0) is 68.5 Å². The molecule has 0 spiro atoms. The highest BCUT2D eigenvalue weighted by Crippen LogP contribution is 2.37. The molecular weight excluding hydrogens is 481 g/mol. The Kier molecular flexibility index (Phi) is 9.09. The average Bonchev–Trinajstić information content (AvgIpc) is 3.39. The number of halogens is 3. The third kappa shape index (κ3) is 7.74. The summed E-state index contributed by atoms with van der Waals surface area (Å²) in [5.41, 5.74) is 0.0814. The fraction of sp³-hybridized carbons (Fsp3) is 0.429. The Morgan fingerprint density at radius 3 is 2.43 bits per heavy atom. The second-order valence-corrected chi connectivity index (χ2v) is 9.16. The van der Waals surface area contributed by atoms with Gasteiger partial charge in [0, 0.05) is 11.9 Å². The van der Waals surface area contributed by atoms with Gasteiger partial charge in [-0.2, -0.15) is 18.2 Å². The molecule has 1 fully saturated rings. The molecule has 0 aliphatic heterocycles. The molecule has 1 aliphatic rings. The Balaban J connectivity index is 1.48. The number of nitrogens with zero attached hydrogens (tertiary/aromatic N) is 2. The lowest BCUT2D eigenvalue weighted by molar-refractivity contribution is -0.137. The summed E-state index contributed by atoms with van der Waals surface area (Å²) in [5.74, 6) is 0.920. The first-order chi connectivity index (χ1) is 17.9. The van der Waals surface area contributed by atoms with Crippen LogP contribution < -0.4 is 20.1 Å². The molecule has 4 rings (SSSR count). The molecule has 0 atom stereocenters. The minimum atomic E-state index is -4.63. The molecule has 0 amide bonds. The first kappa shape index (κ1) is 26.6. The number of para-hydroxylation sites is 2. The molecule has 0 saturated heterocycles. The number of nitrogens with one attached hydrogen (secondary N) is 2. The van der Waals surface area contributed by atoms with Crippen molar-refractivity contribution in [2.24, 2.45) is 0 Å². The summed E-state index contributed by atoms with van der Waals surface area (Å²) in [7, 11) is 0. The van der Waals surface area contributed by atoms with Gasteiger partial charge in [-0.1, -0.05) is 38.3 Å². The molecule has 1 saturated carbocycles. The van der Waals surface area contributed by atoms with Gasteiger partial charge in [0.1, 0.15) is 22.9 Å². The van der Waals surface area contributed by atoms with Gasteiger partial charge in [-0.25, -0.2) is 4.98 Å². The number of hydrogen-bond acceptors (Lipinski definition) is 6. The number of unbranched alkanes of at least 4 members (excludes halogenated alkanes) is 3. The fourth-order valence-electron chi connectivity index (χ4n) is 4.22. The van der Waals surface area contributed by atoms with Crippen LogP contribution in [0.25, 0.3) is 0 Å². The molecule has 2 N–H and O–H groups in total. The number of rotatable bonds is 12. The molecule has 1 aliphatic carbocycles. The number of hydrogen-bond donors (Lipinski definition) is 2. The van der Waals surface area contributed by atoms with Crippen molar-refractivity contribution in [3.05, 3.63) is 60.3 Å². The highest BCUT2D eigenvalue weighted by Gasteiger charge is 2.35. The van der Waals surface area contributed by atoms with E-state index in [1.807, 2.05) is 12.1 Å². The molecule has 6 nitrogen and oxygen atoms in total. The molecule has 0 unspecified atom stereocenters. The quantitative estimate of drug-likeness (QED) is 0.237. The van der Waals surface area contributed by atoms with Crippen LogP contribution in [0, 0.1) is 0 Å². The topological polar surface area (TPSA) is 68.3 Å². The molecular formula is C28H33F3N4O2. The largest absolute Gasteiger partial charge is 0.491 e. The Labute approximate surface area is 215 Å². The van der Waals surface area contributed by atoms with E-state index < -0.39 is 11.7 Å². The number of ether oxygens (including phenoxy) is 2. The molecule has 1 aromatic heterocycles. The Hall–Kier alpha value is -3.49. The zero-order chi connectivity index (χ0) is 26.1. The van der Waals surface area contributed by atoms with Gasteiger partial charge >= 0.3 is 6.18 Å². The normalized spacial score (nSPS) is 13.9. The molecule has 0 radical (unpaired) electrons. The third-order valence-corrected chi connectivity index (χ3v) is 6.21. The van der Waals surface area contributed by atoms with Crippen LogP contribution in [0.2, 0.25) is 0 Å². The summed E-state index contributed by atoms with van der Waals surface area (Å²) in [6.07, 6.45) is 5.02. The lowest BCUT2D eigenvalue weighted by atomic mass is 10.2. The minimum absolute atomic E-state index is 0.0397. The molecule has 37 heavy (non-hydrogen) atoms. The molecule has 2 aromatic carbocycles. The first-order valence-electron chi connectivity index (χ1n) is 12.9. The smallest absolute Gasteiger partial charge is 0.421 e. The van der Waals surface area contributed by atoms with E-state index in [1.165, 1.54) is 12.8 Å². The van der Waals surface area contributed by atoms with Crippen LogP contribution in [-0.4, -0.2) is 22.7 Å². The van der Waals surface area contributed by atoms with Crippen LogP contribution >= 0.6 is 0 Å². The lowest BCUT2D eigenvalue weighted by Gasteiger charge is -2.17. The maximum Gasteiger partial charge on any atom is 0.421 e. The van der Waals surface area contributed by atoms with E-state index in [0.29, 0.717) is 23.7 Å². The summed E-state index contributed by atoms with van der Waals surface area (Å²) < 4.78 is 53.1. The van der Waals surface area contributed by atoms with Crippen LogP contribution in [0.3, 0.4) is 0 Å². The van der Waals surface area contributed by atoms with E-state index in [4.69, 9.17) is 9.47 Å². The average molecular weight is 515 g/mol. The van der Waals surface area contributed by atoms with E-state index >= 15 is 0 Å².